The summed E-state index contributed by atoms with van der Waals surface area (Å²) in [7, 11) is 0. The number of amides is 1. The molecule has 53 heavy (non-hydrogen) atoms. The molecule has 3 aromatic rings. The van der Waals surface area contributed by atoms with Crippen LogP contribution in [0.25, 0.3) is 10.9 Å². The number of carbonyl (C=O) groups excluding carboxylic acids is 7. The van der Waals surface area contributed by atoms with Crippen LogP contribution in [0.3, 0.4) is 0 Å². The Bertz CT molecular complexity index is 2000. The van der Waals surface area contributed by atoms with Crippen LogP contribution in [0.4, 0.5) is 17.1 Å². The number of H-pyrrole nitrogens is 1. The lowest BCUT2D eigenvalue weighted by Crippen LogP contribution is -2.23. The van der Waals surface area contributed by atoms with E-state index in [2.05, 4.69) is 10.3 Å². The number of non-ortho nitro benzene ring substituents is 2. The number of benzene rings is 2. The van der Waals surface area contributed by atoms with E-state index in [-0.39, 0.29) is 76.4 Å². The number of ketones is 2. The average molecular weight is 773 g/mol. The van der Waals surface area contributed by atoms with Gasteiger partial charge in [-0.15, -0.1) is 23.5 Å². The predicted octanol–water partition coefficient (Wildman–Crippen LogP) is 6.62. The fraction of sp³-hybridized carbons (Fsp3) is 0.371. The normalized spacial score (nSPS) is 10.5. The summed E-state index contributed by atoms with van der Waals surface area (Å²) in [6.07, 6.45) is 4.55. The monoisotopic (exact) mass is 772 g/mol. The molecule has 0 fully saturated rings. The van der Waals surface area contributed by atoms with Crippen molar-refractivity contribution in [3.63, 3.8) is 0 Å². The zero-order chi connectivity index (χ0) is 41.2. The summed E-state index contributed by atoms with van der Waals surface area (Å²) < 4.78 is 0. The quantitative estimate of drug-likeness (QED) is 0.0373. The van der Waals surface area contributed by atoms with Crippen molar-refractivity contribution >= 4 is 81.3 Å². The third kappa shape index (κ3) is 14.2. The van der Waals surface area contributed by atoms with Crippen molar-refractivity contribution in [2.24, 2.45) is 11.8 Å². The topological polar surface area (TPSA) is 251 Å². The van der Waals surface area contributed by atoms with Gasteiger partial charge < -0.3 is 10.3 Å². The van der Waals surface area contributed by atoms with E-state index < -0.39 is 21.2 Å². The van der Waals surface area contributed by atoms with E-state index in [1.54, 1.807) is 45.4 Å². The molecule has 18 heteroatoms. The van der Waals surface area contributed by atoms with Crippen LogP contribution in [0.1, 0.15) is 68.9 Å². The van der Waals surface area contributed by atoms with E-state index in [4.69, 9.17) is 19.2 Å². The molecule has 0 bridgehead atoms. The molecule has 0 aliphatic rings. The minimum absolute atomic E-state index is 0.0207. The number of aromatic nitrogens is 1. The zero-order valence-electron chi connectivity index (χ0n) is 30.6. The first kappa shape index (κ1) is 47.5. The maximum Gasteiger partial charge on any atom is 0.373 e. The number of nitro benzene ring substituents is 2. The second kappa shape index (κ2) is 23.1. The number of nitrogens with zero attached hydrogens (tertiary/aromatic N) is 2. The average Bonchev–Trinajstić information content (AvgIpc) is 3.06. The molecule has 2 aromatic carbocycles. The number of Topliss-reactive ketones (excluding diaryl/α,β-unsaturated/α-hetero) is 2. The lowest BCUT2D eigenvalue weighted by atomic mass is 9.99. The number of carbonyl (C=O) groups is 3. The first-order valence-corrected chi connectivity index (χ1v) is 18.0. The Kier molecular flexibility index (Phi) is 20.7. The van der Waals surface area contributed by atoms with E-state index in [9.17, 15) is 39.4 Å². The van der Waals surface area contributed by atoms with Crippen molar-refractivity contribution in [2.45, 2.75) is 66.3 Å². The molecule has 0 atom stereocenters. The highest BCUT2D eigenvalue weighted by molar-refractivity contribution is 8.02. The predicted molar refractivity (Wildman–Crippen MR) is 199 cm³/mol. The number of hydrogen-bond acceptors (Lipinski definition) is 14. The Balaban J connectivity index is 0.000000888. The third-order valence-corrected chi connectivity index (χ3v) is 8.55. The van der Waals surface area contributed by atoms with Crippen LogP contribution >= 0.6 is 23.5 Å². The van der Waals surface area contributed by atoms with E-state index in [1.165, 1.54) is 41.7 Å². The molecule has 3 rings (SSSR count). The summed E-state index contributed by atoms with van der Waals surface area (Å²) in [4.78, 5) is 108. The number of pyridine rings is 1. The van der Waals surface area contributed by atoms with Gasteiger partial charge >= 0.3 is 12.3 Å². The van der Waals surface area contributed by atoms with Crippen molar-refractivity contribution in [1.82, 2.24) is 4.98 Å². The van der Waals surface area contributed by atoms with E-state index in [0.717, 1.165) is 5.56 Å². The molecule has 1 heterocycles. The van der Waals surface area contributed by atoms with Gasteiger partial charge in [0.05, 0.1) is 37.2 Å². The number of fused-ring (bicyclic) bond motifs is 1. The molecule has 0 aliphatic carbocycles. The fourth-order valence-electron chi connectivity index (χ4n) is 4.62. The van der Waals surface area contributed by atoms with Gasteiger partial charge in [0.1, 0.15) is 5.39 Å². The molecule has 2 N–H and O–H groups in total. The maximum atomic E-state index is 12.9. The van der Waals surface area contributed by atoms with E-state index >= 15 is 0 Å². The smallest absolute Gasteiger partial charge is 0.348 e. The summed E-state index contributed by atoms with van der Waals surface area (Å²) >= 11 is 2.59. The minimum atomic E-state index is -0.591. The summed E-state index contributed by atoms with van der Waals surface area (Å²) in [6, 6.07) is 7.14. The third-order valence-electron chi connectivity index (χ3n) is 7.02. The zero-order valence-corrected chi connectivity index (χ0v) is 32.2. The Labute approximate surface area is 312 Å². The number of allylic oxidation sites excluding steroid dienone is 1. The second-order valence-electron chi connectivity index (χ2n) is 11.8. The number of hydrogen-bond donors (Lipinski definition) is 2. The number of thioether (sulfide) groups is 2. The highest BCUT2D eigenvalue weighted by atomic mass is 32.2. The minimum Gasteiger partial charge on any atom is -0.348 e. The van der Waals surface area contributed by atoms with Crippen LogP contribution in [0, 0.1) is 45.9 Å². The van der Waals surface area contributed by atoms with Crippen molar-refractivity contribution in [1.29, 1.82) is 0 Å². The summed E-state index contributed by atoms with van der Waals surface area (Å²) in [5, 5.41) is 25.2. The number of rotatable bonds is 12. The first-order valence-electron chi connectivity index (χ1n) is 15.5. The highest BCUT2D eigenvalue weighted by Crippen LogP contribution is 2.29. The fourth-order valence-corrected chi connectivity index (χ4v) is 5.65. The number of aromatic amines is 1. The number of aryl methyl sites for hydroxylation is 2. The molecular weight excluding hydrogens is 733 g/mol. The Morgan fingerprint density at radius 1 is 0.868 bits per heavy atom. The largest absolute Gasteiger partial charge is 0.373 e. The molecule has 1 aromatic heterocycles. The van der Waals surface area contributed by atoms with Crippen LogP contribution in [-0.4, -0.2) is 57.1 Å². The molecule has 0 saturated heterocycles. The molecule has 284 valence electrons. The molecule has 0 aliphatic heterocycles. The van der Waals surface area contributed by atoms with Crippen molar-refractivity contribution in [3.8, 4) is 0 Å². The number of nitrogens with one attached hydrogen (secondary N) is 2. The molecule has 1 amide bonds. The Hall–Kier alpha value is -5.54. The van der Waals surface area contributed by atoms with Gasteiger partial charge in [-0.05, 0) is 61.2 Å². The van der Waals surface area contributed by atoms with Crippen molar-refractivity contribution < 1.29 is 43.4 Å². The molecule has 0 spiro atoms. The van der Waals surface area contributed by atoms with Crippen LogP contribution < -0.4 is 10.7 Å². The van der Waals surface area contributed by atoms with Gasteiger partial charge in [-0.25, -0.2) is 0 Å². The summed E-state index contributed by atoms with van der Waals surface area (Å²) in [5.74, 6) is -0.814. The molecular formula is C35H40N4O12S2. The molecule has 16 nitrogen and oxygen atoms in total. The lowest BCUT2D eigenvalue weighted by molar-refractivity contribution is -0.384. The van der Waals surface area contributed by atoms with E-state index in [0.29, 0.717) is 26.7 Å². The van der Waals surface area contributed by atoms with Crippen molar-refractivity contribution in [2.75, 3.05) is 17.8 Å². The molecule has 0 saturated carbocycles. The van der Waals surface area contributed by atoms with Crippen LogP contribution in [0.2, 0.25) is 0 Å². The second-order valence-corrected chi connectivity index (χ2v) is 13.7. The van der Waals surface area contributed by atoms with Gasteiger partial charge in [0, 0.05) is 31.0 Å². The van der Waals surface area contributed by atoms with Crippen LogP contribution in [-0.2, 0) is 28.8 Å². The van der Waals surface area contributed by atoms with Crippen LogP contribution in [0.5, 0.6) is 0 Å². The summed E-state index contributed by atoms with van der Waals surface area (Å²) in [5.41, 5.74) is 1.33. The Morgan fingerprint density at radius 3 is 1.85 bits per heavy atom. The van der Waals surface area contributed by atoms with Gasteiger partial charge in [-0.3, -0.25) is 39.4 Å². The van der Waals surface area contributed by atoms with Gasteiger partial charge in [0.25, 0.3) is 17.3 Å². The van der Waals surface area contributed by atoms with Crippen LogP contribution in [0.15, 0.2) is 50.6 Å². The molecule has 0 radical (unpaired) electrons. The van der Waals surface area contributed by atoms with Gasteiger partial charge in [0.15, 0.2) is 11.6 Å². The lowest BCUT2D eigenvalue weighted by Gasteiger charge is -2.13. The standard InChI is InChI=1S/C17H22N2O4S.C16H18N2O4S.2CO2/c1-10(2)8-15(20)16(12(4)24-5)17(21)18-14-9-13(19(22)23)7-6-11(14)3;1-8(2)7-11(19)13-15(20)12-10(18(21)22)6-5-9(3)14(12)17-16(13)23-4;2*2-1-3/h6-7,9-10H,8H2,1-5H3,(H,18,21);5-6,8H,7H2,1-4H3,(H,17,20);;/b16-12+;;;. The first-order chi connectivity index (χ1) is 24.8. The van der Waals surface area contributed by atoms with E-state index in [1.807, 2.05) is 27.7 Å². The SMILES string of the molecule is CS/C(C)=C(\C(=O)CC(C)C)C(=O)Nc1cc([N+](=O)[O-])ccc1C.CSc1[nH]c2c(C)ccc([N+](=O)[O-])c2c(=O)c1C(=O)CC(C)C.O=C=O.O=C=O. The van der Waals surface area contributed by atoms with Gasteiger partial charge in [-0.1, -0.05) is 39.8 Å². The van der Waals surface area contributed by atoms with Crippen molar-refractivity contribution in [3.05, 3.63) is 88.0 Å². The highest BCUT2D eigenvalue weighted by Gasteiger charge is 2.26. The molecule has 0 unspecified atom stereocenters. The maximum absolute atomic E-state index is 12.9. The van der Waals surface area contributed by atoms with Gasteiger partial charge in [-0.2, -0.15) is 19.2 Å². The number of nitro groups is 2. The number of anilines is 1. The summed E-state index contributed by atoms with van der Waals surface area (Å²) in [6.45, 7) is 12.8. The van der Waals surface area contributed by atoms with Gasteiger partial charge in [0.2, 0.25) is 5.43 Å². The Morgan fingerprint density at radius 2 is 1.40 bits per heavy atom.